The number of pyridine rings is 1. The highest BCUT2D eigenvalue weighted by atomic mass is 35.5. The molecule has 1 rings (SSSR count). The first kappa shape index (κ1) is 9.33. The summed E-state index contributed by atoms with van der Waals surface area (Å²) < 4.78 is 0. The van der Waals surface area contributed by atoms with Crippen LogP contribution in [0.3, 0.4) is 0 Å². The molecular formula is C9H13ClN2. The van der Waals surface area contributed by atoms with Gasteiger partial charge >= 0.3 is 0 Å². The van der Waals surface area contributed by atoms with Crippen molar-refractivity contribution in [2.24, 2.45) is 5.92 Å². The zero-order chi connectivity index (χ0) is 8.97. The molecule has 1 N–H and O–H groups in total. The average Bonchev–Trinajstić information content (AvgIpc) is 2.03. The number of rotatable bonds is 3. The Morgan fingerprint density at radius 3 is 2.75 bits per heavy atom. The van der Waals surface area contributed by atoms with Crippen LogP contribution in [0.4, 0.5) is 5.69 Å². The van der Waals surface area contributed by atoms with Crippen LogP contribution in [0.5, 0.6) is 0 Å². The first-order valence-corrected chi connectivity index (χ1v) is 4.41. The van der Waals surface area contributed by atoms with Crippen molar-refractivity contribution < 1.29 is 0 Å². The fourth-order valence-corrected chi connectivity index (χ4v) is 0.914. The quantitative estimate of drug-likeness (QED) is 0.731. The molecule has 0 fully saturated rings. The van der Waals surface area contributed by atoms with Crippen molar-refractivity contribution >= 4 is 17.3 Å². The van der Waals surface area contributed by atoms with Crippen molar-refractivity contribution in [2.45, 2.75) is 13.8 Å². The molecule has 1 aromatic heterocycles. The van der Waals surface area contributed by atoms with Gasteiger partial charge in [-0.15, -0.1) is 0 Å². The van der Waals surface area contributed by atoms with Gasteiger partial charge in [0, 0.05) is 6.54 Å². The van der Waals surface area contributed by atoms with Crippen LogP contribution in [0, 0.1) is 5.92 Å². The molecule has 0 aliphatic rings. The van der Waals surface area contributed by atoms with E-state index in [9.17, 15) is 0 Å². The molecule has 1 aromatic rings. The SMILES string of the molecule is CC(C)CNc1ccc(Cl)nc1. The van der Waals surface area contributed by atoms with E-state index in [2.05, 4.69) is 24.1 Å². The van der Waals surface area contributed by atoms with Crippen LogP contribution in [-0.4, -0.2) is 11.5 Å². The van der Waals surface area contributed by atoms with Gasteiger partial charge in [0.2, 0.25) is 0 Å². The van der Waals surface area contributed by atoms with Crippen LogP contribution >= 0.6 is 11.6 Å². The van der Waals surface area contributed by atoms with Crippen molar-refractivity contribution in [3.8, 4) is 0 Å². The third-order valence-electron chi connectivity index (χ3n) is 1.44. The lowest BCUT2D eigenvalue weighted by Crippen LogP contribution is -2.07. The van der Waals surface area contributed by atoms with Crippen molar-refractivity contribution in [3.63, 3.8) is 0 Å². The molecule has 0 saturated carbocycles. The second-order valence-electron chi connectivity index (χ2n) is 3.14. The normalized spacial score (nSPS) is 10.3. The number of anilines is 1. The molecule has 0 aromatic carbocycles. The van der Waals surface area contributed by atoms with Crippen LogP contribution in [0.25, 0.3) is 0 Å². The summed E-state index contributed by atoms with van der Waals surface area (Å²) in [4.78, 5) is 3.96. The van der Waals surface area contributed by atoms with E-state index in [1.807, 2.05) is 6.07 Å². The van der Waals surface area contributed by atoms with Gasteiger partial charge in [-0.2, -0.15) is 0 Å². The van der Waals surface area contributed by atoms with Gasteiger partial charge in [-0.1, -0.05) is 25.4 Å². The van der Waals surface area contributed by atoms with E-state index in [4.69, 9.17) is 11.6 Å². The van der Waals surface area contributed by atoms with Gasteiger partial charge in [-0.25, -0.2) is 4.98 Å². The van der Waals surface area contributed by atoms with Gasteiger partial charge in [0.25, 0.3) is 0 Å². The van der Waals surface area contributed by atoms with Gasteiger partial charge in [0.1, 0.15) is 5.15 Å². The number of hydrogen-bond donors (Lipinski definition) is 1. The van der Waals surface area contributed by atoms with Crippen molar-refractivity contribution in [3.05, 3.63) is 23.5 Å². The number of hydrogen-bond acceptors (Lipinski definition) is 2. The molecule has 12 heavy (non-hydrogen) atoms. The van der Waals surface area contributed by atoms with Gasteiger partial charge in [0.05, 0.1) is 11.9 Å². The lowest BCUT2D eigenvalue weighted by Gasteiger charge is -2.07. The minimum Gasteiger partial charge on any atom is -0.384 e. The molecule has 66 valence electrons. The molecule has 0 bridgehead atoms. The number of nitrogens with one attached hydrogen (secondary N) is 1. The first-order chi connectivity index (χ1) is 5.68. The molecule has 0 aliphatic carbocycles. The monoisotopic (exact) mass is 184 g/mol. The highest BCUT2D eigenvalue weighted by Gasteiger charge is 1.94. The van der Waals surface area contributed by atoms with Crippen LogP contribution in [0.15, 0.2) is 18.3 Å². The second-order valence-corrected chi connectivity index (χ2v) is 3.53. The predicted octanol–water partition coefficient (Wildman–Crippen LogP) is 2.80. The molecule has 3 heteroatoms. The van der Waals surface area contributed by atoms with Gasteiger partial charge in [-0.3, -0.25) is 0 Å². The number of halogens is 1. The summed E-state index contributed by atoms with van der Waals surface area (Å²) in [5.41, 5.74) is 1.02. The van der Waals surface area contributed by atoms with E-state index in [1.165, 1.54) is 0 Å². The maximum absolute atomic E-state index is 5.64. The molecule has 0 atom stereocenters. The van der Waals surface area contributed by atoms with E-state index < -0.39 is 0 Å². The average molecular weight is 185 g/mol. The Balaban J connectivity index is 2.48. The van der Waals surface area contributed by atoms with Gasteiger partial charge in [-0.05, 0) is 18.1 Å². The minimum atomic E-state index is 0.532. The van der Waals surface area contributed by atoms with Crippen LogP contribution in [0.2, 0.25) is 5.15 Å². The fraction of sp³-hybridized carbons (Fsp3) is 0.444. The van der Waals surface area contributed by atoms with Crippen LogP contribution < -0.4 is 5.32 Å². The Morgan fingerprint density at radius 1 is 1.50 bits per heavy atom. The van der Waals surface area contributed by atoms with Gasteiger partial charge in [0.15, 0.2) is 0 Å². The Morgan fingerprint density at radius 2 is 2.25 bits per heavy atom. The predicted molar refractivity (Wildman–Crippen MR) is 52.6 cm³/mol. The molecule has 0 unspecified atom stereocenters. The molecule has 2 nitrogen and oxygen atoms in total. The maximum Gasteiger partial charge on any atom is 0.129 e. The number of aromatic nitrogens is 1. The molecule has 0 aliphatic heterocycles. The lowest BCUT2D eigenvalue weighted by molar-refractivity contribution is 0.688. The smallest absolute Gasteiger partial charge is 0.129 e. The summed E-state index contributed by atoms with van der Waals surface area (Å²) in [6.07, 6.45) is 1.74. The highest BCUT2D eigenvalue weighted by molar-refractivity contribution is 6.29. The lowest BCUT2D eigenvalue weighted by atomic mass is 10.2. The summed E-state index contributed by atoms with van der Waals surface area (Å²) in [5, 5.41) is 3.78. The highest BCUT2D eigenvalue weighted by Crippen LogP contribution is 2.09. The van der Waals surface area contributed by atoms with Crippen molar-refractivity contribution in [1.82, 2.24) is 4.98 Å². The maximum atomic E-state index is 5.64. The Labute approximate surface area is 78.0 Å². The number of nitrogens with zero attached hydrogens (tertiary/aromatic N) is 1. The van der Waals surface area contributed by atoms with Crippen molar-refractivity contribution in [2.75, 3.05) is 11.9 Å². The summed E-state index contributed by atoms with van der Waals surface area (Å²) in [6, 6.07) is 3.71. The zero-order valence-electron chi connectivity index (χ0n) is 7.34. The minimum absolute atomic E-state index is 0.532. The largest absolute Gasteiger partial charge is 0.384 e. The van der Waals surface area contributed by atoms with E-state index in [-0.39, 0.29) is 0 Å². The van der Waals surface area contributed by atoms with Crippen molar-refractivity contribution in [1.29, 1.82) is 0 Å². The fourth-order valence-electron chi connectivity index (χ4n) is 0.802. The molecular weight excluding hydrogens is 172 g/mol. The topological polar surface area (TPSA) is 24.9 Å². The van der Waals surface area contributed by atoms with Crippen LogP contribution in [-0.2, 0) is 0 Å². The second kappa shape index (κ2) is 4.31. The Bertz CT molecular complexity index is 231. The van der Waals surface area contributed by atoms with Gasteiger partial charge < -0.3 is 5.32 Å². The first-order valence-electron chi connectivity index (χ1n) is 4.04. The third kappa shape index (κ3) is 3.09. The Kier molecular flexibility index (Phi) is 3.35. The van der Waals surface area contributed by atoms with E-state index >= 15 is 0 Å². The van der Waals surface area contributed by atoms with E-state index in [0.717, 1.165) is 12.2 Å². The molecule has 0 radical (unpaired) electrons. The summed E-state index contributed by atoms with van der Waals surface area (Å²) in [5.74, 6) is 0.640. The summed E-state index contributed by atoms with van der Waals surface area (Å²) in [6.45, 7) is 5.29. The Hall–Kier alpha value is -0.760. The zero-order valence-corrected chi connectivity index (χ0v) is 8.10. The molecule has 0 spiro atoms. The third-order valence-corrected chi connectivity index (χ3v) is 1.67. The summed E-state index contributed by atoms with van der Waals surface area (Å²) in [7, 11) is 0. The van der Waals surface area contributed by atoms with E-state index in [1.54, 1.807) is 12.3 Å². The summed E-state index contributed by atoms with van der Waals surface area (Å²) >= 11 is 5.64. The molecule has 0 saturated heterocycles. The van der Waals surface area contributed by atoms with E-state index in [0.29, 0.717) is 11.1 Å². The van der Waals surface area contributed by atoms with Crippen LogP contribution in [0.1, 0.15) is 13.8 Å². The molecule has 0 amide bonds. The standard InChI is InChI=1S/C9H13ClN2/c1-7(2)5-11-8-3-4-9(10)12-6-8/h3-4,6-7,11H,5H2,1-2H3. The molecule has 1 heterocycles.